The Balaban J connectivity index is 2.64. The third kappa shape index (κ3) is 4.14. The molecule has 0 saturated carbocycles. The highest BCUT2D eigenvalue weighted by atomic mass is 127. The van der Waals surface area contributed by atoms with Gasteiger partial charge in [0.1, 0.15) is 0 Å². The third-order valence-corrected chi connectivity index (χ3v) is 3.50. The van der Waals surface area contributed by atoms with Crippen molar-refractivity contribution in [2.45, 2.75) is 6.10 Å². The SMILES string of the molecule is O=C(NC[C@H](O)C(=O)O)c1ccc(I)c(Cl)c1. The van der Waals surface area contributed by atoms with Gasteiger partial charge >= 0.3 is 5.97 Å². The van der Waals surface area contributed by atoms with Crippen LogP contribution in [0.15, 0.2) is 18.2 Å². The molecule has 0 aromatic heterocycles. The molecule has 7 heteroatoms. The highest BCUT2D eigenvalue weighted by Crippen LogP contribution is 2.19. The van der Waals surface area contributed by atoms with E-state index in [-0.39, 0.29) is 6.54 Å². The van der Waals surface area contributed by atoms with Gasteiger partial charge in [0.05, 0.1) is 11.6 Å². The molecule has 0 bridgehead atoms. The Kier molecular flexibility index (Phi) is 5.16. The molecule has 0 heterocycles. The van der Waals surface area contributed by atoms with Gasteiger partial charge in [0, 0.05) is 9.13 Å². The smallest absolute Gasteiger partial charge is 0.334 e. The zero-order chi connectivity index (χ0) is 13.0. The van der Waals surface area contributed by atoms with E-state index in [9.17, 15) is 9.59 Å². The number of hydrogen-bond acceptors (Lipinski definition) is 3. The number of aliphatic hydroxyl groups excluding tert-OH is 1. The number of carboxylic acid groups (broad SMARTS) is 1. The normalized spacial score (nSPS) is 11.9. The second-order valence-corrected chi connectivity index (χ2v) is 4.76. The lowest BCUT2D eigenvalue weighted by atomic mass is 10.2. The van der Waals surface area contributed by atoms with Crippen molar-refractivity contribution >= 4 is 46.1 Å². The molecule has 0 spiro atoms. The number of carboxylic acids is 1. The minimum absolute atomic E-state index is 0.313. The van der Waals surface area contributed by atoms with E-state index in [4.69, 9.17) is 21.8 Å². The number of rotatable bonds is 4. The van der Waals surface area contributed by atoms with Crippen LogP contribution in [0.5, 0.6) is 0 Å². The summed E-state index contributed by atoms with van der Waals surface area (Å²) in [4.78, 5) is 21.9. The Bertz CT molecular complexity index is 452. The third-order valence-electron chi connectivity index (χ3n) is 1.92. The van der Waals surface area contributed by atoms with Crippen LogP contribution in [-0.2, 0) is 4.79 Å². The van der Waals surface area contributed by atoms with E-state index in [1.54, 1.807) is 12.1 Å². The van der Waals surface area contributed by atoms with Crippen LogP contribution in [0, 0.1) is 3.57 Å². The predicted molar refractivity (Wildman–Crippen MR) is 70.1 cm³/mol. The summed E-state index contributed by atoms with van der Waals surface area (Å²) in [6, 6.07) is 4.72. The number of amides is 1. The van der Waals surface area contributed by atoms with Gasteiger partial charge < -0.3 is 15.5 Å². The Morgan fingerprint density at radius 2 is 2.12 bits per heavy atom. The second-order valence-electron chi connectivity index (χ2n) is 3.19. The van der Waals surface area contributed by atoms with Crippen molar-refractivity contribution in [3.63, 3.8) is 0 Å². The highest BCUT2D eigenvalue weighted by Gasteiger charge is 2.15. The van der Waals surface area contributed by atoms with E-state index < -0.39 is 18.0 Å². The van der Waals surface area contributed by atoms with Gasteiger partial charge in [-0.05, 0) is 40.8 Å². The van der Waals surface area contributed by atoms with Crippen LogP contribution in [0.1, 0.15) is 10.4 Å². The number of benzene rings is 1. The standard InChI is InChI=1S/C10H9ClINO4/c11-6-3-5(1-2-7(6)12)9(15)13-4-8(14)10(16)17/h1-3,8,14H,4H2,(H,13,15)(H,16,17)/t8-/m0/s1. The van der Waals surface area contributed by atoms with Gasteiger partial charge in [-0.3, -0.25) is 4.79 Å². The fourth-order valence-corrected chi connectivity index (χ4v) is 1.53. The highest BCUT2D eigenvalue weighted by molar-refractivity contribution is 14.1. The molecule has 0 fully saturated rings. The van der Waals surface area contributed by atoms with Crippen molar-refractivity contribution in [2.24, 2.45) is 0 Å². The zero-order valence-electron chi connectivity index (χ0n) is 8.48. The predicted octanol–water partition coefficient (Wildman–Crippen LogP) is 1.12. The first-order valence-corrected chi connectivity index (χ1v) is 6.01. The van der Waals surface area contributed by atoms with Crippen LogP contribution in [0.3, 0.4) is 0 Å². The maximum Gasteiger partial charge on any atom is 0.334 e. The maximum absolute atomic E-state index is 11.6. The molecule has 17 heavy (non-hydrogen) atoms. The van der Waals surface area contributed by atoms with Crippen molar-refractivity contribution in [2.75, 3.05) is 6.54 Å². The number of carbonyl (C=O) groups is 2. The summed E-state index contributed by atoms with van der Waals surface area (Å²) in [5.41, 5.74) is 0.313. The van der Waals surface area contributed by atoms with Gasteiger partial charge in [0.25, 0.3) is 5.91 Å². The van der Waals surface area contributed by atoms with E-state index in [0.29, 0.717) is 10.6 Å². The van der Waals surface area contributed by atoms with Gasteiger partial charge in [-0.15, -0.1) is 0 Å². The van der Waals surface area contributed by atoms with Crippen LogP contribution in [0.2, 0.25) is 5.02 Å². The van der Waals surface area contributed by atoms with Crippen molar-refractivity contribution in [3.05, 3.63) is 32.4 Å². The summed E-state index contributed by atoms with van der Waals surface area (Å²) in [5.74, 6) is -1.87. The molecule has 1 atom stereocenters. The molecular weight excluding hydrogens is 360 g/mol. The lowest BCUT2D eigenvalue weighted by Crippen LogP contribution is -2.36. The van der Waals surface area contributed by atoms with Crippen LogP contribution in [0.25, 0.3) is 0 Å². The summed E-state index contributed by atoms with van der Waals surface area (Å²) in [7, 11) is 0. The molecule has 0 saturated heterocycles. The van der Waals surface area contributed by atoms with E-state index >= 15 is 0 Å². The molecular formula is C10H9ClINO4. The average Bonchev–Trinajstić information content (AvgIpc) is 2.28. The van der Waals surface area contributed by atoms with Gasteiger partial charge in [0.2, 0.25) is 0 Å². The summed E-state index contributed by atoms with van der Waals surface area (Å²) in [6.07, 6.45) is -1.61. The number of carbonyl (C=O) groups excluding carboxylic acids is 1. The second kappa shape index (κ2) is 6.18. The Morgan fingerprint density at radius 3 is 2.65 bits per heavy atom. The Morgan fingerprint density at radius 1 is 1.47 bits per heavy atom. The van der Waals surface area contributed by atoms with Crippen LogP contribution < -0.4 is 5.32 Å². The summed E-state index contributed by atoms with van der Waals surface area (Å²) < 4.78 is 0.811. The molecule has 0 aliphatic rings. The van der Waals surface area contributed by atoms with Gasteiger partial charge in [-0.25, -0.2) is 4.79 Å². The largest absolute Gasteiger partial charge is 0.479 e. The topological polar surface area (TPSA) is 86.6 Å². The van der Waals surface area contributed by atoms with Crippen molar-refractivity contribution in [1.82, 2.24) is 5.32 Å². The maximum atomic E-state index is 11.6. The van der Waals surface area contributed by atoms with Crippen LogP contribution >= 0.6 is 34.2 Å². The first kappa shape index (κ1) is 14.2. The molecule has 0 aliphatic heterocycles. The fourth-order valence-electron chi connectivity index (χ4n) is 1.02. The van der Waals surface area contributed by atoms with Gasteiger partial charge in [0.15, 0.2) is 6.10 Å². The molecule has 1 rings (SSSR count). The van der Waals surface area contributed by atoms with Gasteiger partial charge in [-0.1, -0.05) is 11.6 Å². The molecule has 3 N–H and O–H groups in total. The zero-order valence-corrected chi connectivity index (χ0v) is 11.4. The lowest BCUT2D eigenvalue weighted by molar-refractivity contribution is -0.146. The number of aliphatic carboxylic acids is 1. The monoisotopic (exact) mass is 369 g/mol. The first-order valence-electron chi connectivity index (χ1n) is 4.56. The molecule has 0 aliphatic carbocycles. The Hall–Kier alpha value is -0.860. The number of nitrogens with one attached hydrogen (secondary N) is 1. The lowest BCUT2D eigenvalue weighted by Gasteiger charge is -2.08. The molecule has 92 valence electrons. The molecule has 1 aromatic carbocycles. The van der Waals surface area contributed by atoms with E-state index in [1.165, 1.54) is 6.07 Å². The van der Waals surface area contributed by atoms with Gasteiger partial charge in [-0.2, -0.15) is 0 Å². The summed E-state index contributed by atoms with van der Waals surface area (Å²) in [5, 5.41) is 20.1. The Labute approximate surface area is 116 Å². The minimum Gasteiger partial charge on any atom is -0.479 e. The average molecular weight is 370 g/mol. The number of hydrogen-bond donors (Lipinski definition) is 3. The fraction of sp³-hybridized carbons (Fsp3) is 0.200. The first-order chi connectivity index (χ1) is 7.91. The van der Waals surface area contributed by atoms with E-state index in [2.05, 4.69) is 5.32 Å². The van der Waals surface area contributed by atoms with Crippen molar-refractivity contribution < 1.29 is 19.8 Å². The minimum atomic E-state index is -1.61. The molecule has 0 radical (unpaired) electrons. The molecule has 1 aromatic rings. The van der Waals surface area contributed by atoms with Crippen LogP contribution in [-0.4, -0.2) is 34.7 Å². The van der Waals surface area contributed by atoms with E-state index in [0.717, 1.165) is 3.57 Å². The molecule has 0 unspecified atom stereocenters. The van der Waals surface area contributed by atoms with Crippen LogP contribution in [0.4, 0.5) is 0 Å². The molecule has 5 nitrogen and oxygen atoms in total. The van der Waals surface area contributed by atoms with Crippen molar-refractivity contribution in [3.8, 4) is 0 Å². The molecule has 1 amide bonds. The number of aliphatic hydroxyl groups is 1. The number of halogens is 2. The summed E-state index contributed by atoms with van der Waals surface area (Å²) in [6.45, 7) is -0.349. The summed E-state index contributed by atoms with van der Waals surface area (Å²) >= 11 is 7.86. The quantitative estimate of drug-likeness (QED) is 0.694. The van der Waals surface area contributed by atoms with E-state index in [1.807, 2.05) is 22.6 Å². The van der Waals surface area contributed by atoms with Crippen molar-refractivity contribution in [1.29, 1.82) is 0 Å².